The first-order valence-electron chi connectivity index (χ1n) is 7.50. The van der Waals surface area contributed by atoms with Gasteiger partial charge in [-0.1, -0.05) is 11.6 Å². The highest BCUT2D eigenvalue weighted by atomic mass is 16.5. The summed E-state index contributed by atoms with van der Waals surface area (Å²) in [5.74, 6) is 0. The second-order valence-corrected chi connectivity index (χ2v) is 5.50. The van der Waals surface area contributed by atoms with E-state index < -0.39 is 0 Å². The maximum absolute atomic E-state index is 8.58. The average molecular weight is 270 g/mol. The molecule has 2 N–H and O–H groups in total. The fourth-order valence-corrected chi connectivity index (χ4v) is 2.28. The molecule has 0 unspecified atom stereocenters. The van der Waals surface area contributed by atoms with Crippen molar-refractivity contribution in [3.8, 4) is 0 Å². The molecule has 19 heavy (non-hydrogen) atoms. The molecule has 1 saturated heterocycles. The largest absolute Gasteiger partial charge is 0.394 e. The smallest absolute Gasteiger partial charge is 0.0697 e. The van der Waals surface area contributed by atoms with E-state index in [1.807, 2.05) is 0 Å². The predicted octanol–water partition coefficient (Wildman–Crippen LogP) is 1.41. The predicted molar refractivity (Wildman–Crippen MR) is 79.4 cm³/mol. The summed E-state index contributed by atoms with van der Waals surface area (Å²) in [5, 5.41) is 12.2. The number of nitrogens with one attached hydrogen (secondary N) is 1. The molecule has 0 radical (unpaired) electrons. The van der Waals surface area contributed by atoms with Crippen molar-refractivity contribution in [1.29, 1.82) is 0 Å². The lowest BCUT2D eigenvalue weighted by atomic mass is 10.0. The SMILES string of the molecule is CC(C)=CCN1CCC(NCCCOCCO)CC1. The Labute approximate surface area is 117 Å². The van der Waals surface area contributed by atoms with Crippen molar-refractivity contribution in [2.75, 3.05) is 46.0 Å². The van der Waals surface area contributed by atoms with E-state index in [-0.39, 0.29) is 6.61 Å². The Bertz CT molecular complexity index is 245. The first-order valence-corrected chi connectivity index (χ1v) is 7.50. The van der Waals surface area contributed by atoms with Crippen molar-refractivity contribution in [2.45, 2.75) is 39.2 Å². The molecule has 0 aromatic heterocycles. The summed E-state index contributed by atoms with van der Waals surface area (Å²) in [7, 11) is 0. The molecule has 1 heterocycles. The first-order chi connectivity index (χ1) is 9.22. The van der Waals surface area contributed by atoms with Crippen LogP contribution in [0, 0.1) is 0 Å². The number of nitrogens with zero attached hydrogens (tertiary/aromatic N) is 1. The maximum Gasteiger partial charge on any atom is 0.0697 e. The van der Waals surface area contributed by atoms with Crippen LogP contribution >= 0.6 is 0 Å². The number of ether oxygens (including phenoxy) is 1. The zero-order valence-electron chi connectivity index (χ0n) is 12.5. The van der Waals surface area contributed by atoms with Crippen LogP contribution in [0.15, 0.2) is 11.6 Å². The summed E-state index contributed by atoms with van der Waals surface area (Å²) in [4.78, 5) is 2.52. The fraction of sp³-hybridized carbons (Fsp3) is 0.867. The normalized spacial score (nSPS) is 17.6. The van der Waals surface area contributed by atoms with Gasteiger partial charge in [0.2, 0.25) is 0 Å². The van der Waals surface area contributed by atoms with E-state index in [0.29, 0.717) is 12.6 Å². The van der Waals surface area contributed by atoms with Crippen LogP contribution in [0.2, 0.25) is 0 Å². The minimum atomic E-state index is 0.123. The zero-order valence-corrected chi connectivity index (χ0v) is 12.5. The van der Waals surface area contributed by atoms with Crippen LogP contribution in [0.5, 0.6) is 0 Å². The van der Waals surface area contributed by atoms with Gasteiger partial charge in [0.15, 0.2) is 0 Å². The monoisotopic (exact) mass is 270 g/mol. The molecular formula is C15H30N2O2. The van der Waals surface area contributed by atoms with Gasteiger partial charge in [0.25, 0.3) is 0 Å². The molecule has 0 saturated carbocycles. The van der Waals surface area contributed by atoms with Crippen molar-refractivity contribution in [3.63, 3.8) is 0 Å². The fourth-order valence-electron chi connectivity index (χ4n) is 2.28. The molecule has 4 nitrogen and oxygen atoms in total. The Morgan fingerprint density at radius 3 is 2.68 bits per heavy atom. The first kappa shape index (κ1) is 16.6. The Morgan fingerprint density at radius 2 is 2.05 bits per heavy atom. The van der Waals surface area contributed by atoms with Crippen LogP contribution in [-0.4, -0.2) is 62.0 Å². The number of hydrogen-bond acceptors (Lipinski definition) is 4. The van der Waals surface area contributed by atoms with Gasteiger partial charge in [-0.2, -0.15) is 0 Å². The number of hydrogen-bond donors (Lipinski definition) is 2. The molecular weight excluding hydrogens is 240 g/mol. The molecule has 0 spiro atoms. The molecule has 1 aliphatic rings. The Hall–Kier alpha value is -0.420. The van der Waals surface area contributed by atoms with Crippen molar-refractivity contribution < 1.29 is 9.84 Å². The second kappa shape index (κ2) is 10.4. The molecule has 4 heteroatoms. The molecule has 1 aliphatic heterocycles. The molecule has 0 amide bonds. The standard InChI is InChI=1S/C15H30N2O2/c1-14(2)4-8-17-9-5-15(6-10-17)16-7-3-12-19-13-11-18/h4,15-16,18H,3,5-13H2,1-2H3. The lowest BCUT2D eigenvalue weighted by Crippen LogP contribution is -2.42. The van der Waals surface area contributed by atoms with Gasteiger partial charge in [-0.05, 0) is 52.7 Å². The number of allylic oxidation sites excluding steroid dienone is 1. The van der Waals surface area contributed by atoms with Gasteiger partial charge >= 0.3 is 0 Å². The van der Waals surface area contributed by atoms with Crippen LogP contribution in [-0.2, 0) is 4.74 Å². The molecule has 1 fully saturated rings. The van der Waals surface area contributed by atoms with Crippen LogP contribution in [0.1, 0.15) is 33.1 Å². The molecule has 112 valence electrons. The quantitative estimate of drug-likeness (QED) is 0.491. The van der Waals surface area contributed by atoms with E-state index in [4.69, 9.17) is 9.84 Å². The third-order valence-electron chi connectivity index (χ3n) is 3.48. The summed E-state index contributed by atoms with van der Waals surface area (Å²) in [6.07, 6.45) is 5.83. The maximum atomic E-state index is 8.58. The Balaban J connectivity index is 1.99. The van der Waals surface area contributed by atoms with Crippen molar-refractivity contribution in [3.05, 3.63) is 11.6 Å². The van der Waals surface area contributed by atoms with E-state index in [2.05, 4.69) is 30.1 Å². The number of aliphatic hydroxyl groups excluding tert-OH is 1. The van der Waals surface area contributed by atoms with E-state index in [0.717, 1.165) is 26.1 Å². The van der Waals surface area contributed by atoms with Gasteiger partial charge in [-0.25, -0.2) is 0 Å². The molecule has 0 bridgehead atoms. The molecule has 0 aliphatic carbocycles. The lowest BCUT2D eigenvalue weighted by Gasteiger charge is -2.31. The second-order valence-electron chi connectivity index (χ2n) is 5.50. The van der Waals surface area contributed by atoms with Gasteiger partial charge in [0.05, 0.1) is 13.2 Å². The van der Waals surface area contributed by atoms with E-state index in [9.17, 15) is 0 Å². The summed E-state index contributed by atoms with van der Waals surface area (Å²) < 4.78 is 5.24. The van der Waals surface area contributed by atoms with Crippen LogP contribution < -0.4 is 5.32 Å². The summed E-state index contributed by atoms with van der Waals surface area (Å²) in [6, 6.07) is 0.667. The lowest BCUT2D eigenvalue weighted by molar-refractivity contribution is 0.0898. The van der Waals surface area contributed by atoms with Crippen LogP contribution in [0.4, 0.5) is 0 Å². The molecule has 0 aromatic rings. The van der Waals surface area contributed by atoms with Crippen LogP contribution in [0.25, 0.3) is 0 Å². The average Bonchev–Trinajstić information content (AvgIpc) is 2.41. The third-order valence-corrected chi connectivity index (χ3v) is 3.48. The topological polar surface area (TPSA) is 44.7 Å². The number of rotatable bonds is 9. The minimum Gasteiger partial charge on any atom is -0.394 e. The van der Waals surface area contributed by atoms with Gasteiger partial charge in [0.1, 0.15) is 0 Å². The van der Waals surface area contributed by atoms with Gasteiger partial charge in [-0.3, -0.25) is 4.90 Å². The number of aliphatic hydroxyl groups is 1. The molecule has 0 atom stereocenters. The zero-order chi connectivity index (χ0) is 13.9. The van der Waals surface area contributed by atoms with E-state index in [1.165, 1.54) is 31.5 Å². The summed E-state index contributed by atoms with van der Waals surface area (Å²) >= 11 is 0. The highest BCUT2D eigenvalue weighted by Gasteiger charge is 2.17. The van der Waals surface area contributed by atoms with Gasteiger partial charge < -0.3 is 15.2 Å². The third kappa shape index (κ3) is 8.37. The Morgan fingerprint density at radius 1 is 1.32 bits per heavy atom. The summed E-state index contributed by atoms with van der Waals surface area (Å²) in [5.41, 5.74) is 1.41. The van der Waals surface area contributed by atoms with E-state index >= 15 is 0 Å². The molecule has 0 aromatic carbocycles. The van der Waals surface area contributed by atoms with Crippen molar-refractivity contribution in [2.24, 2.45) is 0 Å². The number of piperidine rings is 1. The van der Waals surface area contributed by atoms with Gasteiger partial charge in [0, 0.05) is 19.2 Å². The van der Waals surface area contributed by atoms with E-state index in [1.54, 1.807) is 0 Å². The van der Waals surface area contributed by atoms with Crippen molar-refractivity contribution in [1.82, 2.24) is 10.2 Å². The van der Waals surface area contributed by atoms with Crippen molar-refractivity contribution >= 4 is 0 Å². The highest BCUT2D eigenvalue weighted by Crippen LogP contribution is 2.10. The summed E-state index contributed by atoms with van der Waals surface area (Å²) in [6.45, 7) is 10.2. The highest BCUT2D eigenvalue weighted by molar-refractivity contribution is 4.95. The van der Waals surface area contributed by atoms with Crippen LogP contribution in [0.3, 0.4) is 0 Å². The number of likely N-dealkylation sites (tertiary alicyclic amines) is 1. The van der Waals surface area contributed by atoms with Gasteiger partial charge in [-0.15, -0.1) is 0 Å². The molecule has 1 rings (SSSR count). The minimum absolute atomic E-state index is 0.123. The Kier molecular flexibility index (Phi) is 9.08.